The Morgan fingerprint density at radius 3 is 2.58 bits per heavy atom. The molecule has 0 saturated carbocycles. The fourth-order valence-corrected chi connectivity index (χ4v) is 4.53. The lowest BCUT2D eigenvalue weighted by molar-refractivity contribution is -0.164. The van der Waals surface area contributed by atoms with Crippen LogP contribution in [-0.4, -0.2) is 67.1 Å². The van der Waals surface area contributed by atoms with Crippen molar-refractivity contribution in [2.75, 3.05) is 26.9 Å². The highest BCUT2D eigenvalue weighted by Gasteiger charge is 2.48. The van der Waals surface area contributed by atoms with Crippen molar-refractivity contribution >= 4 is 33.9 Å². The molecule has 196 valence electrons. The van der Waals surface area contributed by atoms with Gasteiger partial charge in [0, 0.05) is 27.1 Å². The van der Waals surface area contributed by atoms with E-state index in [0.29, 0.717) is 29.7 Å². The molecule has 2 heterocycles. The van der Waals surface area contributed by atoms with Crippen molar-refractivity contribution in [3.8, 4) is 0 Å². The van der Waals surface area contributed by atoms with Gasteiger partial charge in [-0.2, -0.15) is 0 Å². The van der Waals surface area contributed by atoms with Crippen LogP contribution in [-0.2, 0) is 35.0 Å². The summed E-state index contributed by atoms with van der Waals surface area (Å²) in [6.07, 6.45) is -2.95. The first kappa shape index (κ1) is 27.9. The third-order valence-electron chi connectivity index (χ3n) is 5.69. The lowest BCUT2D eigenvalue weighted by Crippen LogP contribution is -2.47. The van der Waals surface area contributed by atoms with Gasteiger partial charge < -0.3 is 28.5 Å². The number of aliphatic hydroxyl groups is 1. The third-order valence-corrected chi connectivity index (χ3v) is 6.36. The van der Waals surface area contributed by atoms with E-state index < -0.39 is 42.3 Å². The van der Waals surface area contributed by atoms with Crippen LogP contribution < -0.4 is 0 Å². The Morgan fingerprint density at radius 2 is 1.94 bits per heavy atom. The van der Waals surface area contributed by atoms with Crippen molar-refractivity contribution in [3.05, 3.63) is 58.0 Å². The molecule has 0 unspecified atom stereocenters. The molecule has 1 aromatic carbocycles. The van der Waals surface area contributed by atoms with Crippen molar-refractivity contribution in [2.45, 2.75) is 51.0 Å². The van der Waals surface area contributed by atoms with E-state index in [0.717, 1.165) is 10.5 Å². The molecule has 36 heavy (non-hydrogen) atoms. The van der Waals surface area contributed by atoms with Crippen LogP contribution in [0.15, 0.2) is 45.3 Å². The minimum Gasteiger partial charge on any atom is -0.461 e. The van der Waals surface area contributed by atoms with Crippen molar-refractivity contribution in [2.24, 2.45) is 0 Å². The van der Waals surface area contributed by atoms with Gasteiger partial charge in [-0.3, -0.25) is 9.59 Å². The molecule has 1 fully saturated rings. The normalized spacial score (nSPS) is 19.1. The summed E-state index contributed by atoms with van der Waals surface area (Å²) in [6, 6.07) is 10.1. The summed E-state index contributed by atoms with van der Waals surface area (Å²) in [6.45, 7) is 3.53. The van der Waals surface area contributed by atoms with E-state index >= 15 is 0 Å². The Labute approximate surface area is 217 Å². The predicted molar refractivity (Wildman–Crippen MR) is 130 cm³/mol. The first-order valence-corrected chi connectivity index (χ1v) is 12.3. The van der Waals surface area contributed by atoms with Gasteiger partial charge in [-0.25, -0.2) is 9.69 Å². The zero-order chi connectivity index (χ0) is 26.2. The van der Waals surface area contributed by atoms with E-state index in [1.165, 1.54) is 14.0 Å². The topological polar surface area (TPSA) is 125 Å². The average Bonchev–Trinajstić information content (AvgIpc) is 3.37. The van der Waals surface area contributed by atoms with Crippen LogP contribution in [0.2, 0.25) is 0 Å². The number of nitrogens with zero attached hydrogens (tertiary/aromatic N) is 1. The van der Waals surface area contributed by atoms with E-state index in [1.807, 2.05) is 30.3 Å². The molecule has 11 heteroatoms. The number of imide groups is 1. The number of hydrogen-bond acceptors (Lipinski definition) is 9. The number of amides is 2. The number of cyclic esters (lactones) is 1. The smallest absolute Gasteiger partial charge is 0.417 e. The summed E-state index contributed by atoms with van der Waals surface area (Å²) in [7, 11) is 1.29. The SMILES string of the molecule is CO[C@@H](C(=O)N1C(=O)O[C@@H](c2ccccc2)[C@H]1C)[C@@H](OC(C)=O)c1cc(Br)c(CCCOCCO)o1. The van der Waals surface area contributed by atoms with E-state index in [9.17, 15) is 14.4 Å². The number of carbonyl (C=O) groups is 3. The first-order valence-electron chi connectivity index (χ1n) is 11.5. The summed E-state index contributed by atoms with van der Waals surface area (Å²) < 4.78 is 28.2. The van der Waals surface area contributed by atoms with Gasteiger partial charge in [0.25, 0.3) is 5.91 Å². The molecule has 1 aliphatic rings. The molecule has 2 aromatic rings. The zero-order valence-corrected chi connectivity index (χ0v) is 21.9. The second-order valence-electron chi connectivity index (χ2n) is 8.21. The standard InChI is InChI=1S/C25H30BrNO9/c1-15-21(17-8-5-4-6-9-17)36-25(31)27(15)24(30)23(32-3)22(34-16(2)29)20-14-18(26)19(35-20)10-7-12-33-13-11-28/h4-6,8-9,14-15,21-23,28H,7,10-13H2,1-3H3/t15-,21-,22+,23-/m1/s1. The zero-order valence-electron chi connectivity index (χ0n) is 20.3. The van der Waals surface area contributed by atoms with Crippen LogP contribution in [0.1, 0.15) is 49.6 Å². The quantitative estimate of drug-likeness (QED) is 0.301. The highest BCUT2D eigenvalue weighted by molar-refractivity contribution is 9.10. The Hall–Kier alpha value is -2.73. The molecule has 0 radical (unpaired) electrons. The Morgan fingerprint density at radius 1 is 1.22 bits per heavy atom. The number of hydrogen-bond donors (Lipinski definition) is 1. The average molecular weight is 568 g/mol. The van der Waals surface area contributed by atoms with Gasteiger partial charge in [-0.05, 0) is 40.9 Å². The number of carbonyl (C=O) groups excluding carboxylic acids is 3. The van der Waals surface area contributed by atoms with Crippen molar-refractivity contribution in [1.29, 1.82) is 0 Å². The molecule has 4 atom stereocenters. The Balaban J connectivity index is 1.82. The maximum Gasteiger partial charge on any atom is 0.417 e. The molecular weight excluding hydrogens is 538 g/mol. The number of rotatable bonds is 12. The van der Waals surface area contributed by atoms with Crippen molar-refractivity contribution in [1.82, 2.24) is 4.90 Å². The number of esters is 1. The molecule has 0 aliphatic carbocycles. The van der Waals surface area contributed by atoms with Gasteiger partial charge in [-0.1, -0.05) is 30.3 Å². The van der Waals surface area contributed by atoms with Gasteiger partial charge in [0.05, 0.1) is 23.7 Å². The third kappa shape index (κ3) is 6.52. The summed E-state index contributed by atoms with van der Waals surface area (Å²) in [5.41, 5.74) is 0.752. The van der Waals surface area contributed by atoms with Crippen LogP contribution in [0.4, 0.5) is 4.79 Å². The Kier molecular flexibility index (Phi) is 10.1. The summed E-state index contributed by atoms with van der Waals surface area (Å²) in [4.78, 5) is 39.2. The molecule has 1 aromatic heterocycles. The van der Waals surface area contributed by atoms with Gasteiger partial charge in [0.15, 0.2) is 12.2 Å². The molecule has 3 rings (SSSR count). The van der Waals surface area contributed by atoms with Gasteiger partial charge >= 0.3 is 12.1 Å². The lowest BCUT2D eigenvalue weighted by atomic mass is 10.0. The maximum atomic E-state index is 13.6. The largest absolute Gasteiger partial charge is 0.461 e. The Bertz CT molecular complexity index is 1040. The van der Waals surface area contributed by atoms with Crippen molar-refractivity contribution in [3.63, 3.8) is 0 Å². The fourth-order valence-electron chi connectivity index (χ4n) is 4.02. The van der Waals surface area contributed by atoms with Crippen molar-refractivity contribution < 1.29 is 42.9 Å². The molecular formula is C25H30BrNO9. The minimum absolute atomic E-state index is 0.0552. The van der Waals surface area contributed by atoms with Gasteiger partial charge in [0.2, 0.25) is 0 Å². The molecule has 1 saturated heterocycles. The second kappa shape index (κ2) is 13.0. The highest BCUT2D eigenvalue weighted by atomic mass is 79.9. The summed E-state index contributed by atoms with van der Waals surface area (Å²) in [5, 5.41) is 8.80. The number of halogens is 1. The maximum absolute atomic E-state index is 13.6. The van der Waals surface area contributed by atoms with Crippen LogP contribution in [0.3, 0.4) is 0 Å². The highest BCUT2D eigenvalue weighted by Crippen LogP contribution is 2.36. The molecule has 1 N–H and O–H groups in total. The molecule has 0 spiro atoms. The van der Waals surface area contributed by atoms with Gasteiger partial charge in [0.1, 0.15) is 17.6 Å². The number of benzene rings is 1. The number of aliphatic hydroxyl groups excluding tert-OH is 1. The molecule has 1 aliphatic heterocycles. The fraction of sp³-hybridized carbons (Fsp3) is 0.480. The molecule has 0 bridgehead atoms. The molecule has 10 nitrogen and oxygen atoms in total. The van der Waals surface area contributed by atoms with E-state index in [1.54, 1.807) is 13.0 Å². The monoisotopic (exact) mass is 567 g/mol. The first-order chi connectivity index (χ1) is 17.3. The predicted octanol–water partition coefficient (Wildman–Crippen LogP) is 3.71. The number of ether oxygens (including phenoxy) is 4. The summed E-state index contributed by atoms with van der Waals surface area (Å²) >= 11 is 3.44. The second-order valence-corrected chi connectivity index (χ2v) is 9.06. The van der Waals surface area contributed by atoms with E-state index in [-0.39, 0.29) is 19.0 Å². The number of aryl methyl sites for hydroxylation is 1. The lowest BCUT2D eigenvalue weighted by Gasteiger charge is -2.27. The van der Waals surface area contributed by atoms with E-state index in [4.69, 9.17) is 28.5 Å². The van der Waals surface area contributed by atoms with Gasteiger partial charge in [-0.15, -0.1) is 0 Å². The molecule has 2 amide bonds. The summed E-state index contributed by atoms with van der Waals surface area (Å²) in [5.74, 6) is -0.620. The minimum atomic E-state index is -1.36. The van der Waals surface area contributed by atoms with Crippen LogP contribution in [0.5, 0.6) is 0 Å². The van der Waals surface area contributed by atoms with Crippen LogP contribution in [0.25, 0.3) is 0 Å². The number of methoxy groups -OCH3 is 1. The number of furan rings is 1. The van der Waals surface area contributed by atoms with E-state index in [2.05, 4.69) is 15.9 Å². The van der Waals surface area contributed by atoms with Crippen LogP contribution >= 0.6 is 15.9 Å². The van der Waals surface area contributed by atoms with Crippen LogP contribution in [0, 0.1) is 0 Å².